The normalized spacial score (nSPS) is 11.0. The summed E-state index contributed by atoms with van der Waals surface area (Å²) in [4.78, 5) is 11.9. The van der Waals surface area contributed by atoms with Crippen LogP contribution in [0.3, 0.4) is 0 Å². The first-order valence-electron chi connectivity index (χ1n) is 8.46. The van der Waals surface area contributed by atoms with E-state index in [0.717, 1.165) is 10.0 Å². The van der Waals surface area contributed by atoms with Gasteiger partial charge in [-0.15, -0.1) is 0 Å². The van der Waals surface area contributed by atoms with Crippen molar-refractivity contribution in [2.24, 2.45) is 5.10 Å². The van der Waals surface area contributed by atoms with Crippen molar-refractivity contribution in [3.8, 4) is 11.5 Å². The van der Waals surface area contributed by atoms with Gasteiger partial charge >= 0.3 is 0 Å². The predicted octanol–water partition coefficient (Wildman–Crippen LogP) is 4.50. The number of nitrogens with zero attached hydrogens (tertiary/aromatic N) is 1. The van der Waals surface area contributed by atoms with Crippen molar-refractivity contribution >= 4 is 28.1 Å². The maximum atomic E-state index is 11.9. The van der Waals surface area contributed by atoms with Crippen LogP contribution in [0.4, 0.5) is 0 Å². The molecule has 1 amide bonds. The summed E-state index contributed by atoms with van der Waals surface area (Å²) in [6.07, 6.45) is 1.55. The predicted molar refractivity (Wildman–Crippen MR) is 107 cm³/mol. The molecule has 0 heterocycles. The Morgan fingerprint density at radius 1 is 1.19 bits per heavy atom. The number of carbonyl (C=O) groups is 1. The van der Waals surface area contributed by atoms with Crippen LogP contribution in [0.5, 0.6) is 11.5 Å². The highest BCUT2D eigenvalue weighted by Gasteiger charge is 2.05. The minimum atomic E-state index is -0.331. The van der Waals surface area contributed by atoms with Gasteiger partial charge in [0.2, 0.25) is 0 Å². The molecule has 26 heavy (non-hydrogen) atoms. The first-order valence-corrected chi connectivity index (χ1v) is 9.26. The van der Waals surface area contributed by atoms with Crippen LogP contribution in [0.15, 0.2) is 52.0 Å². The third-order valence-electron chi connectivity index (χ3n) is 3.58. The lowest BCUT2D eigenvalue weighted by molar-refractivity contribution is -0.123. The molecule has 0 aliphatic heterocycles. The maximum Gasteiger partial charge on any atom is 0.277 e. The van der Waals surface area contributed by atoms with Gasteiger partial charge in [0.05, 0.1) is 12.8 Å². The van der Waals surface area contributed by atoms with Crippen LogP contribution in [-0.2, 0) is 4.79 Å². The molecule has 6 heteroatoms. The van der Waals surface area contributed by atoms with E-state index in [2.05, 4.69) is 40.3 Å². The van der Waals surface area contributed by atoms with E-state index < -0.39 is 0 Å². The van der Waals surface area contributed by atoms with Crippen LogP contribution in [0.1, 0.15) is 37.8 Å². The molecule has 0 spiro atoms. The van der Waals surface area contributed by atoms with Gasteiger partial charge in [0, 0.05) is 10.0 Å². The fourth-order valence-electron chi connectivity index (χ4n) is 2.21. The first kappa shape index (κ1) is 20.0. The minimum Gasteiger partial charge on any atom is -0.493 e. The first-order chi connectivity index (χ1) is 12.5. The molecule has 5 nitrogen and oxygen atoms in total. The Hall–Kier alpha value is -2.34. The molecule has 0 saturated heterocycles. The molecule has 2 rings (SSSR count). The number of rotatable bonds is 8. The number of nitrogens with one attached hydrogen (secondary N) is 1. The van der Waals surface area contributed by atoms with Crippen molar-refractivity contribution in [3.63, 3.8) is 0 Å². The second kappa shape index (κ2) is 9.97. The van der Waals surface area contributed by atoms with Gasteiger partial charge in [-0.05, 0) is 48.7 Å². The smallest absolute Gasteiger partial charge is 0.277 e. The van der Waals surface area contributed by atoms with Gasteiger partial charge in [0.1, 0.15) is 11.5 Å². The molecular formula is C20H23BrN2O3. The number of amides is 1. The van der Waals surface area contributed by atoms with Crippen molar-refractivity contribution in [2.75, 3.05) is 13.2 Å². The van der Waals surface area contributed by atoms with Crippen LogP contribution in [0.25, 0.3) is 0 Å². The van der Waals surface area contributed by atoms with Gasteiger partial charge in [-0.1, -0.05) is 41.9 Å². The summed E-state index contributed by atoms with van der Waals surface area (Å²) in [5, 5.41) is 3.97. The van der Waals surface area contributed by atoms with Crippen LogP contribution < -0.4 is 14.9 Å². The van der Waals surface area contributed by atoms with Crippen LogP contribution in [0, 0.1) is 0 Å². The second-order valence-corrected chi connectivity index (χ2v) is 6.84. The molecule has 0 saturated carbocycles. The van der Waals surface area contributed by atoms with Crippen molar-refractivity contribution in [1.29, 1.82) is 0 Å². The molecule has 138 valence electrons. The van der Waals surface area contributed by atoms with E-state index in [1.807, 2.05) is 49.4 Å². The summed E-state index contributed by atoms with van der Waals surface area (Å²) in [6, 6.07) is 13.3. The number of carbonyl (C=O) groups excluding carboxylic acids is 1. The summed E-state index contributed by atoms with van der Waals surface area (Å²) >= 11 is 3.41. The van der Waals surface area contributed by atoms with Gasteiger partial charge in [0.15, 0.2) is 6.61 Å². The third-order valence-corrected chi connectivity index (χ3v) is 4.07. The fourth-order valence-corrected chi connectivity index (χ4v) is 2.59. The lowest BCUT2D eigenvalue weighted by Crippen LogP contribution is -2.24. The SMILES string of the molecule is CCOc1ccc(Br)cc1C=NNC(=O)COc1ccc(C(C)C)cc1. The molecule has 0 radical (unpaired) electrons. The lowest BCUT2D eigenvalue weighted by Gasteiger charge is -2.08. The van der Waals surface area contributed by atoms with E-state index in [0.29, 0.717) is 24.0 Å². The highest BCUT2D eigenvalue weighted by atomic mass is 79.9. The van der Waals surface area contributed by atoms with E-state index in [4.69, 9.17) is 9.47 Å². The standard InChI is InChI=1S/C20H23BrN2O3/c1-4-25-19-10-7-17(21)11-16(19)12-22-23-20(24)13-26-18-8-5-15(6-9-18)14(2)3/h5-12,14H,4,13H2,1-3H3,(H,23,24). The van der Waals surface area contributed by atoms with Crippen LogP contribution >= 0.6 is 15.9 Å². The molecule has 0 fully saturated rings. The molecular weight excluding hydrogens is 396 g/mol. The van der Waals surface area contributed by atoms with E-state index in [-0.39, 0.29) is 12.5 Å². The summed E-state index contributed by atoms with van der Waals surface area (Å²) in [5.41, 5.74) is 4.45. The summed E-state index contributed by atoms with van der Waals surface area (Å²) in [6.45, 7) is 6.62. The molecule has 0 aliphatic carbocycles. The fraction of sp³-hybridized carbons (Fsp3) is 0.300. The zero-order valence-electron chi connectivity index (χ0n) is 15.2. The number of hydrogen-bond donors (Lipinski definition) is 1. The van der Waals surface area contributed by atoms with Crippen molar-refractivity contribution in [3.05, 3.63) is 58.1 Å². The number of hydrazone groups is 1. The van der Waals surface area contributed by atoms with E-state index in [1.54, 1.807) is 6.21 Å². The minimum absolute atomic E-state index is 0.102. The van der Waals surface area contributed by atoms with E-state index >= 15 is 0 Å². The monoisotopic (exact) mass is 418 g/mol. The van der Waals surface area contributed by atoms with Crippen molar-refractivity contribution in [2.45, 2.75) is 26.7 Å². The van der Waals surface area contributed by atoms with Gasteiger partial charge < -0.3 is 9.47 Å². The molecule has 0 aliphatic rings. The highest BCUT2D eigenvalue weighted by Crippen LogP contribution is 2.21. The van der Waals surface area contributed by atoms with Gasteiger partial charge in [-0.2, -0.15) is 5.10 Å². The zero-order valence-corrected chi connectivity index (χ0v) is 16.7. The maximum absolute atomic E-state index is 11.9. The number of hydrogen-bond acceptors (Lipinski definition) is 4. The quantitative estimate of drug-likeness (QED) is 0.506. The Morgan fingerprint density at radius 3 is 2.58 bits per heavy atom. The largest absolute Gasteiger partial charge is 0.493 e. The Balaban J connectivity index is 1.86. The molecule has 0 atom stereocenters. The Labute approximate surface area is 162 Å². The molecule has 2 aromatic carbocycles. The third kappa shape index (κ3) is 6.19. The van der Waals surface area contributed by atoms with Crippen molar-refractivity contribution < 1.29 is 14.3 Å². The van der Waals surface area contributed by atoms with E-state index in [9.17, 15) is 4.79 Å². The van der Waals surface area contributed by atoms with E-state index in [1.165, 1.54) is 5.56 Å². The van der Waals surface area contributed by atoms with Gasteiger partial charge in [-0.3, -0.25) is 4.79 Å². The molecule has 1 N–H and O–H groups in total. The Bertz CT molecular complexity index is 758. The second-order valence-electron chi connectivity index (χ2n) is 5.92. The summed E-state index contributed by atoms with van der Waals surface area (Å²) in [7, 11) is 0. The lowest BCUT2D eigenvalue weighted by atomic mass is 10.0. The summed E-state index contributed by atoms with van der Waals surface area (Å²) in [5.74, 6) is 1.48. The highest BCUT2D eigenvalue weighted by molar-refractivity contribution is 9.10. The van der Waals surface area contributed by atoms with Gasteiger partial charge in [-0.25, -0.2) is 5.43 Å². The molecule has 2 aromatic rings. The van der Waals surface area contributed by atoms with Crippen molar-refractivity contribution in [1.82, 2.24) is 5.43 Å². The average Bonchev–Trinajstić information content (AvgIpc) is 2.62. The Morgan fingerprint density at radius 2 is 1.92 bits per heavy atom. The average molecular weight is 419 g/mol. The summed E-state index contributed by atoms with van der Waals surface area (Å²) < 4.78 is 11.9. The Kier molecular flexibility index (Phi) is 7.66. The zero-order chi connectivity index (χ0) is 18.9. The number of benzene rings is 2. The van der Waals surface area contributed by atoms with Crippen LogP contribution in [0.2, 0.25) is 0 Å². The number of ether oxygens (including phenoxy) is 2. The topological polar surface area (TPSA) is 59.9 Å². The van der Waals surface area contributed by atoms with Crippen LogP contribution in [-0.4, -0.2) is 25.3 Å². The molecule has 0 bridgehead atoms. The van der Waals surface area contributed by atoms with Gasteiger partial charge in [0.25, 0.3) is 5.91 Å². The molecule has 0 aromatic heterocycles. The number of halogens is 1. The molecule has 0 unspecified atom stereocenters.